The standard InChI is InChI=1S/C18H25BrO10S/c19-7-1-3-8(4-2-7)30-18-15(26)13(24)16(10(6-21)28-18)29-17-14(25)12(23)11(22)9(5-20)27-17/h1-4,9-18,20-26H,5-6H2/t9-,10-,11+,12+,13-,14-,15-,16-,17+,18+/m1/s1. The molecule has 0 bridgehead atoms. The van der Waals surface area contributed by atoms with Crippen LogP contribution in [0.15, 0.2) is 33.6 Å². The first-order valence-electron chi connectivity index (χ1n) is 9.27. The lowest BCUT2D eigenvalue weighted by molar-refractivity contribution is -0.338. The van der Waals surface area contributed by atoms with E-state index in [4.69, 9.17) is 14.2 Å². The predicted molar refractivity (Wildman–Crippen MR) is 106 cm³/mol. The second kappa shape index (κ2) is 10.5. The number of benzene rings is 1. The molecule has 0 radical (unpaired) electrons. The summed E-state index contributed by atoms with van der Waals surface area (Å²) >= 11 is 4.48. The maximum Gasteiger partial charge on any atom is 0.187 e. The van der Waals surface area contributed by atoms with E-state index in [1.807, 2.05) is 12.1 Å². The normalized spacial score (nSPS) is 42.3. The smallest absolute Gasteiger partial charge is 0.187 e. The number of aliphatic hydroxyl groups is 7. The van der Waals surface area contributed by atoms with Crippen molar-refractivity contribution < 1.29 is 50.0 Å². The van der Waals surface area contributed by atoms with Gasteiger partial charge in [0.05, 0.1) is 13.2 Å². The number of hydrogen-bond donors (Lipinski definition) is 7. The summed E-state index contributed by atoms with van der Waals surface area (Å²) in [5.74, 6) is 0. The monoisotopic (exact) mass is 512 g/mol. The highest BCUT2D eigenvalue weighted by Crippen LogP contribution is 2.36. The van der Waals surface area contributed by atoms with E-state index in [-0.39, 0.29) is 0 Å². The molecule has 7 N–H and O–H groups in total. The Balaban J connectivity index is 1.71. The molecule has 2 saturated heterocycles. The molecule has 0 saturated carbocycles. The zero-order chi connectivity index (χ0) is 22.0. The fourth-order valence-corrected chi connectivity index (χ4v) is 4.62. The number of aliphatic hydroxyl groups excluding tert-OH is 7. The summed E-state index contributed by atoms with van der Waals surface area (Å²) in [7, 11) is 0. The summed E-state index contributed by atoms with van der Waals surface area (Å²) < 4.78 is 17.4. The first-order valence-corrected chi connectivity index (χ1v) is 10.9. The molecule has 0 aromatic heterocycles. The van der Waals surface area contributed by atoms with Crippen LogP contribution in [0, 0.1) is 0 Å². The topological polar surface area (TPSA) is 169 Å². The van der Waals surface area contributed by atoms with Crippen molar-refractivity contribution in [2.45, 2.75) is 65.5 Å². The molecule has 10 nitrogen and oxygen atoms in total. The highest BCUT2D eigenvalue weighted by molar-refractivity contribution is 9.10. The Hall–Kier alpha value is -0.350. The van der Waals surface area contributed by atoms with Crippen LogP contribution in [0.3, 0.4) is 0 Å². The zero-order valence-corrected chi connectivity index (χ0v) is 18.0. The van der Waals surface area contributed by atoms with Crippen LogP contribution in [0.2, 0.25) is 0 Å². The average molecular weight is 513 g/mol. The van der Waals surface area contributed by atoms with E-state index < -0.39 is 73.8 Å². The molecule has 2 aliphatic heterocycles. The van der Waals surface area contributed by atoms with Gasteiger partial charge in [0, 0.05) is 9.37 Å². The van der Waals surface area contributed by atoms with Gasteiger partial charge in [0.15, 0.2) is 6.29 Å². The van der Waals surface area contributed by atoms with Crippen molar-refractivity contribution in [3.8, 4) is 0 Å². The molecule has 0 unspecified atom stereocenters. The van der Waals surface area contributed by atoms with Crippen LogP contribution in [0.1, 0.15) is 0 Å². The third kappa shape index (κ3) is 5.17. The minimum atomic E-state index is -1.69. The van der Waals surface area contributed by atoms with Gasteiger partial charge in [0.1, 0.15) is 54.3 Å². The van der Waals surface area contributed by atoms with E-state index in [2.05, 4.69) is 15.9 Å². The Labute approximate surface area is 185 Å². The number of thioether (sulfide) groups is 1. The summed E-state index contributed by atoms with van der Waals surface area (Å²) in [6, 6.07) is 7.20. The van der Waals surface area contributed by atoms with Gasteiger partial charge < -0.3 is 50.0 Å². The maximum absolute atomic E-state index is 10.6. The summed E-state index contributed by atoms with van der Waals surface area (Å²) in [5.41, 5.74) is -0.909. The highest BCUT2D eigenvalue weighted by Gasteiger charge is 2.50. The van der Waals surface area contributed by atoms with E-state index in [0.717, 1.165) is 21.1 Å². The maximum atomic E-state index is 10.6. The number of hydrogen-bond acceptors (Lipinski definition) is 11. The van der Waals surface area contributed by atoms with Crippen molar-refractivity contribution in [1.29, 1.82) is 0 Å². The molecule has 1 aromatic rings. The van der Waals surface area contributed by atoms with Crippen LogP contribution >= 0.6 is 27.7 Å². The summed E-state index contributed by atoms with van der Waals surface area (Å²) in [5, 5.41) is 70.0. The molecule has 0 amide bonds. The van der Waals surface area contributed by atoms with Gasteiger partial charge >= 0.3 is 0 Å². The lowest BCUT2D eigenvalue weighted by Crippen LogP contribution is -2.64. The minimum absolute atomic E-state index is 0.566. The summed E-state index contributed by atoms with van der Waals surface area (Å²) in [6.07, 6.45) is -13.0. The second-order valence-electron chi connectivity index (χ2n) is 7.08. The van der Waals surface area contributed by atoms with E-state index in [9.17, 15) is 35.7 Å². The van der Waals surface area contributed by atoms with Crippen molar-refractivity contribution in [3.63, 3.8) is 0 Å². The van der Waals surface area contributed by atoms with Gasteiger partial charge in [-0.2, -0.15) is 0 Å². The molecule has 2 aliphatic rings. The van der Waals surface area contributed by atoms with Crippen LogP contribution in [0.5, 0.6) is 0 Å². The molecule has 10 atom stereocenters. The van der Waals surface area contributed by atoms with Crippen molar-refractivity contribution in [1.82, 2.24) is 0 Å². The molecule has 2 heterocycles. The lowest BCUT2D eigenvalue weighted by atomic mass is 9.97. The second-order valence-corrected chi connectivity index (χ2v) is 9.16. The van der Waals surface area contributed by atoms with Crippen LogP contribution in [-0.2, 0) is 14.2 Å². The van der Waals surface area contributed by atoms with Gasteiger partial charge in [-0.15, -0.1) is 0 Å². The van der Waals surface area contributed by atoms with E-state index in [0.29, 0.717) is 0 Å². The molecular formula is C18H25BrO10S. The lowest BCUT2D eigenvalue weighted by Gasteiger charge is -2.46. The van der Waals surface area contributed by atoms with Crippen molar-refractivity contribution >= 4 is 27.7 Å². The third-order valence-corrected chi connectivity index (χ3v) is 6.72. The van der Waals surface area contributed by atoms with E-state index in [1.165, 1.54) is 0 Å². The van der Waals surface area contributed by atoms with Crippen LogP contribution in [-0.4, -0.2) is 110 Å². The highest BCUT2D eigenvalue weighted by atomic mass is 79.9. The first kappa shape index (κ1) is 24.3. The zero-order valence-electron chi connectivity index (χ0n) is 15.6. The SMILES string of the molecule is OC[C@H]1O[C@@H](O[C@H]2[C@H](O)[C@@H](O)[C@H](Sc3ccc(Br)cc3)O[C@@H]2CO)[C@H](O)[C@@H](O)[C@H]1O. The van der Waals surface area contributed by atoms with Crippen LogP contribution < -0.4 is 0 Å². The average Bonchev–Trinajstić information content (AvgIpc) is 2.74. The predicted octanol–water partition coefficient (Wildman–Crippen LogP) is -1.83. The molecule has 12 heteroatoms. The van der Waals surface area contributed by atoms with Gasteiger partial charge in [-0.05, 0) is 24.3 Å². The Morgan fingerprint density at radius 1 is 0.800 bits per heavy atom. The van der Waals surface area contributed by atoms with E-state index >= 15 is 0 Å². The molecule has 30 heavy (non-hydrogen) atoms. The van der Waals surface area contributed by atoms with Gasteiger partial charge in [-0.3, -0.25) is 0 Å². The number of ether oxygens (including phenoxy) is 3. The van der Waals surface area contributed by atoms with Crippen molar-refractivity contribution in [2.75, 3.05) is 13.2 Å². The Morgan fingerprint density at radius 2 is 1.43 bits per heavy atom. The van der Waals surface area contributed by atoms with Crippen molar-refractivity contribution in [2.24, 2.45) is 0 Å². The largest absolute Gasteiger partial charge is 0.394 e. The van der Waals surface area contributed by atoms with Gasteiger partial charge in [-0.1, -0.05) is 27.7 Å². The van der Waals surface area contributed by atoms with Crippen molar-refractivity contribution in [3.05, 3.63) is 28.7 Å². The summed E-state index contributed by atoms with van der Waals surface area (Å²) in [6.45, 7) is -1.21. The van der Waals surface area contributed by atoms with Crippen LogP contribution in [0.25, 0.3) is 0 Å². The fourth-order valence-electron chi connectivity index (χ4n) is 3.30. The Kier molecular flexibility index (Phi) is 8.51. The third-order valence-electron chi connectivity index (χ3n) is 5.03. The molecular weight excluding hydrogens is 488 g/mol. The minimum Gasteiger partial charge on any atom is -0.394 e. The van der Waals surface area contributed by atoms with Gasteiger partial charge in [0.25, 0.3) is 0 Å². The van der Waals surface area contributed by atoms with Crippen LogP contribution in [0.4, 0.5) is 0 Å². The number of rotatable bonds is 6. The number of halogens is 1. The fraction of sp³-hybridized carbons (Fsp3) is 0.667. The molecule has 0 spiro atoms. The van der Waals surface area contributed by atoms with Gasteiger partial charge in [0.2, 0.25) is 0 Å². The molecule has 0 aliphatic carbocycles. The first-order chi connectivity index (χ1) is 14.3. The molecule has 1 aromatic carbocycles. The summed E-state index contributed by atoms with van der Waals surface area (Å²) in [4.78, 5) is 0.763. The molecule has 170 valence electrons. The molecule has 3 rings (SSSR count). The van der Waals surface area contributed by atoms with Gasteiger partial charge in [-0.25, -0.2) is 0 Å². The Morgan fingerprint density at radius 3 is 2.03 bits per heavy atom. The quantitative estimate of drug-likeness (QED) is 0.228. The molecule has 2 fully saturated rings. The van der Waals surface area contributed by atoms with E-state index in [1.54, 1.807) is 12.1 Å². The Bertz CT molecular complexity index is 677.